The van der Waals surface area contributed by atoms with Crippen molar-refractivity contribution < 1.29 is 23.9 Å². The maximum Gasteiger partial charge on any atom is 0.408 e. The SMILES string of the molecule is CC(C)C[C@H](NC(=O)O[C@@H](C)c1ccccc1)C(=O)N[C@H](C=O)C[C@@H]1CCNC1=O. The molecule has 1 aliphatic heterocycles. The molecule has 3 N–H and O–H groups in total. The molecule has 0 unspecified atom stereocenters. The van der Waals surface area contributed by atoms with Crippen molar-refractivity contribution in [2.24, 2.45) is 11.8 Å². The minimum Gasteiger partial charge on any atom is -0.442 e. The highest BCUT2D eigenvalue weighted by atomic mass is 16.6. The zero-order valence-corrected chi connectivity index (χ0v) is 17.7. The third-order valence-electron chi connectivity index (χ3n) is 5.06. The quantitative estimate of drug-likeness (QED) is 0.505. The summed E-state index contributed by atoms with van der Waals surface area (Å²) < 4.78 is 5.40. The van der Waals surface area contributed by atoms with E-state index in [9.17, 15) is 19.2 Å². The number of nitrogens with one attached hydrogen (secondary N) is 3. The summed E-state index contributed by atoms with van der Waals surface area (Å²) in [7, 11) is 0. The summed E-state index contributed by atoms with van der Waals surface area (Å²) >= 11 is 0. The molecule has 3 amide bonds. The summed E-state index contributed by atoms with van der Waals surface area (Å²) in [6.45, 7) is 6.19. The van der Waals surface area contributed by atoms with Crippen molar-refractivity contribution >= 4 is 24.2 Å². The molecule has 0 spiro atoms. The lowest BCUT2D eigenvalue weighted by Gasteiger charge is -2.23. The molecule has 1 saturated heterocycles. The zero-order chi connectivity index (χ0) is 22.1. The van der Waals surface area contributed by atoms with Crippen molar-refractivity contribution in [1.29, 1.82) is 0 Å². The molecule has 0 bridgehead atoms. The minimum absolute atomic E-state index is 0.105. The summed E-state index contributed by atoms with van der Waals surface area (Å²) in [5.41, 5.74) is 0.841. The number of hydrogen-bond donors (Lipinski definition) is 3. The number of hydrogen-bond acceptors (Lipinski definition) is 5. The van der Waals surface area contributed by atoms with Gasteiger partial charge >= 0.3 is 6.09 Å². The lowest BCUT2D eigenvalue weighted by Crippen LogP contribution is -2.51. The van der Waals surface area contributed by atoms with Crippen molar-refractivity contribution in [3.05, 3.63) is 35.9 Å². The van der Waals surface area contributed by atoms with Gasteiger partial charge in [-0.05, 0) is 37.7 Å². The van der Waals surface area contributed by atoms with Crippen LogP contribution in [0, 0.1) is 11.8 Å². The molecule has 164 valence electrons. The van der Waals surface area contributed by atoms with Crippen molar-refractivity contribution in [1.82, 2.24) is 16.0 Å². The van der Waals surface area contributed by atoms with Gasteiger partial charge in [-0.2, -0.15) is 0 Å². The first-order valence-electron chi connectivity index (χ1n) is 10.4. The highest BCUT2D eigenvalue weighted by molar-refractivity contribution is 5.88. The van der Waals surface area contributed by atoms with E-state index in [2.05, 4.69) is 16.0 Å². The Hall–Kier alpha value is -2.90. The highest BCUT2D eigenvalue weighted by Crippen LogP contribution is 2.17. The predicted octanol–water partition coefficient (Wildman–Crippen LogP) is 2.10. The fourth-order valence-corrected chi connectivity index (χ4v) is 3.44. The fraction of sp³-hybridized carbons (Fsp3) is 0.545. The fourth-order valence-electron chi connectivity index (χ4n) is 3.44. The number of amides is 3. The third kappa shape index (κ3) is 7.17. The van der Waals surface area contributed by atoms with Crippen LogP contribution in [0.2, 0.25) is 0 Å². The van der Waals surface area contributed by atoms with E-state index in [0.717, 1.165) is 5.56 Å². The van der Waals surface area contributed by atoms with E-state index in [1.807, 2.05) is 44.2 Å². The Labute approximate surface area is 177 Å². The third-order valence-corrected chi connectivity index (χ3v) is 5.06. The molecule has 1 aromatic carbocycles. The molecule has 1 heterocycles. The van der Waals surface area contributed by atoms with E-state index in [1.165, 1.54) is 0 Å². The minimum atomic E-state index is -0.847. The largest absolute Gasteiger partial charge is 0.442 e. The second-order valence-electron chi connectivity index (χ2n) is 8.05. The summed E-state index contributed by atoms with van der Waals surface area (Å²) in [6, 6.07) is 7.65. The monoisotopic (exact) mass is 417 g/mol. The van der Waals surface area contributed by atoms with Gasteiger partial charge in [0.25, 0.3) is 0 Å². The average Bonchev–Trinajstić information content (AvgIpc) is 3.11. The molecule has 8 nitrogen and oxygen atoms in total. The van der Waals surface area contributed by atoms with Crippen molar-refractivity contribution in [2.45, 2.75) is 58.2 Å². The Morgan fingerprint density at radius 3 is 2.47 bits per heavy atom. The molecule has 0 aromatic heterocycles. The molecule has 0 saturated carbocycles. The van der Waals surface area contributed by atoms with Gasteiger partial charge in [-0.3, -0.25) is 9.59 Å². The molecule has 1 fully saturated rings. The zero-order valence-electron chi connectivity index (χ0n) is 17.7. The van der Waals surface area contributed by atoms with E-state index in [4.69, 9.17) is 4.74 Å². The maximum absolute atomic E-state index is 12.8. The molecule has 0 radical (unpaired) electrons. The number of ether oxygens (including phenoxy) is 1. The maximum atomic E-state index is 12.8. The molecule has 2 rings (SSSR count). The van der Waals surface area contributed by atoms with Gasteiger partial charge in [-0.1, -0.05) is 44.2 Å². The topological polar surface area (TPSA) is 114 Å². The first-order chi connectivity index (χ1) is 14.3. The van der Waals surface area contributed by atoms with Gasteiger partial charge in [0.2, 0.25) is 11.8 Å². The Morgan fingerprint density at radius 2 is 1.90 bits per heavy atom. The van der Waals surface area contributed by atoms with Gasteiger partial charge in [0.05, 0.1) is 6.04 Å². The number of aldehydes is 1. The smallest absolute Gasteiger partial charge is 0.408 e. The number of carbonyl (C=O) groups is 4. The van der Waals surface area contributed by atoms with Crippen LogP contribution in [0.5, 0.6) is 0 Å². The van der Waals surface area contributed by atoms with Crippen molar-refractivity contribution in [3.8, 4) is 0 Å². The van der Waals surface area contributed by atoms with Gasteiger partial charge in [-0.15, -0.1) is 0 Å². The van der Waals surface area contributed by atoms with Gasteiger partial charge in [0.1, 0.15) is 18.4 Å². The van der Waals surface area contributed by atoms with Crippen LogP contribution < -0.4 is 16.0 Å². The molecule has 8 heteroatoms. The Kier molecular flexibility index (Phi) is 8.83. The second kappa shape index (κ2) is 11.3. The van der Waals surface area contributed by atoms with E-state index in [0.29, 0.717) is 25.7 Å². The first-order valence-corrected chi connectivity index (χ1v) is 10.4. The van der Waals surface area contributed by atoms with Crippen LogP contribution in [-0.4, -0.2) is 42.8 Å². The van der Waals surface area contributed by atoms with Gasteiger partial charge in [0.15, 0.2) is 0 Å². The Balaban J connectivity index is 1.95. The second-order valence-corrected chi connectivity index (χ2v) is 8.05. The van der Waals surface area contributed by atoms with E-state index in [-0.39, 0.29) is 24.2 Å². The summed E-state index contributed by atoms with van der Waals surface area (Å²) in [5, 5.41) is 7.98. The standard InChI is InChI=1S/C22H31N3O5/c1-14(2)11-19(25-22(29)30-15(3)16-7-5-4-6-8-16)21(28)24-18(13-26)12-17-9-10-23-20(17)27/h4-8,13-15,17-19H,9-12H2,1-3H3,(H,23,27)(H,24,28)(H,25,29)/t15-,17-,18-,19-/m0/s1. The first kappa shape index (κ1) is 23.4. The van der Waals surface area contributed by atoms with E-state index in [1.54, 1.807) is 6.92 Å². The van der Waals surface area contributed by atoms with Gasteiger partial charge in [-0.25, -0.2) is 4.79 Å². The summed E-state index contributed by atoms with van der Waals surface area (Å²) in [6.07, 6.45) is 0.714. The van der Waals surface area contributed by atoms with E-state index >= 15 is 0 Å². The van der Waals surface area contributed by atoms with Crippen LogP contribution in [0.25, 0.3) is 0 Å². The van der Waals surface area contributed by atoms with Gasteiger partial charge in [0, 0.05) is 12.5 Å². The molecule has 0 aliphatic carbocycles. The highest BCUT2D eigenvalue weighted by Gasteiger charge is 2.30. The number of rotatable bonds is 10. The molecule has 1 aliphatic rings. The van der Waals surface area contributed by atoms with Crippen LogP contribution in [-0.2, 0) is 19.1 Å². The summed E-state index contributed by atoms with van der Waals surface area (Å²) in [5.74, 6) is -0.744. The summed E-state index contributed by atoms with van der Waals surface area (Å²) in [4.78, 5) is 48.3. The number of carbonyl (C=O) groups excluding carboxylic acids is 4. The van der Waals surface area contributed by atoms with Crippen molar-refractivity contribution in [3.63, 3.8) is 0 Å². The molecule has 4 atom stereocenters. The Bertz CT molecular complexity index is 738. The molecular formula is C22H31N3O5. The number of alkyl carbamates (subject to hydrolysis) is 1. The van der Waals surface area contributed by atoms with Crippen LogP contribution in [0.3, 0.4) is 0 Å². The van der Waals surface area contributed by atoms with Gasteiger partial charge < -0.3 is 25.5 Å². The lowest BCUT2D eigenvalue weighted by atomic mass is 9.98. The lowest BCUT2D eigenvalue weighted by molar-refractivity contribution is -0.127. The van der Waals surface area contributed by atoms with Crippen LogP contribution in [0.15, 0.2) is 30.3 Å². The molecule has 1 aromatic rings. The van der Waals surface area contributed by atoms with Crippen LogP contribution in [0.4, 0.5) is 4.79 Å². The van der Waals surface area contributed by atoms with Crippen molar-refractivity contribution in [2.75, 3.05) is 6.54 Å². The van der Waals surface area contributed by atoms with E-state index < -0.39 is 30.2 Å². The Morgan fingerprint density at radius 1 is 1.20 bits per heavy atom. The normalized spacial score (nSPS) is 18.8. The van der Waals surface area contributed by atoms with Crippen LogP contribution in [0.1, 0.15) is 51.7 Å². The molecular weight excluding hydrogens is 386 g/mol. The average molecular weight is 418 g/mol. The molecule has 30 heavy (non-hydrogen) atoms. The number of benzene rings is 1. The predicted molar refractivity (Wildman–Crippen MR) is 111 cm³/mol. The van der Waals surface area contributed by atoms with Crippen LogP contribution >= 0.6 is 0 Å².